The summed E-state index contributed by atoms with van der Waals surface area (Å²) in [5, 5.41) is 3.13. The maximum absolute atomic E-state index is 13.0. The van der Waals surface area contributed by atoms with Crippen molar-refractivity contribution in [2.24, 2.45) is 0 Å². The second-order valence-corrected chi connectivity index (χ2v) is 7.54. The van der Waals surface area contributed by atoms with E-state index in [1.165, 1.54) is 12.1 Å². The van der Waals surface area contributed by atoms with Gasteiger partial charge in [-0.15, -0.1) is 0 Å². The number of carbonyl (C=O) groups excluding carboxylic acids is 3. The third kappa shape index (κ3) is 4.25. The van der Waals surface area contributed by atoms with E-state index in [1.54, 1.807) is 35.0 Å². The van der Waals surface area contributed by atoms with Gasteiger partial charge in [0.05, 0.1) is 17.6 Å². The van der Waals surface area contributed by atoms with Gasteiger partial charge in [-0.2, -0.15) is 13.2 Å². The molecule has 2 amide bonds. The highest BCUT2D eigenvalue weighted by Crippen LogP contribution is 2.31. The fourth-order valence-electron chi connectivity index (χ4n) is 3.49. The number of piperidine rings is 1. The molecule has 158 valence electrons. The predicted molar refractivity (Wildman–Crippen MR) is 108 cm³/mol. The summed E-state index contributed by atoms with van der Waals surface area (Å²) in [5.74, 6) is -2.06. The van der Waals surface area contributed by atoms with Crippen LogP contribution in [0.25, 0.3) is 17.0 Å². The van der Waals surface area contributed by atoms with Crippen LogP contribution in [0.3, 0.4) is 0 Å². The summed E-state index contributed by atoms with van der Waals surface area (Å²) >= 11 is 6.10. The van der Waals surface area contributed by atoms with Crippen LogP contribution in [0.5, 0.6) is 0 Å². The summed E-state index contributed by atoms with van der Waals surface area (Å²) < 4.78 is 40.9. The summed E-state index contributed by atoms with van der Waals surface area (Å²) in [5.41, 5.74) is 0.655. The quantitative estimate of drug-likeness (QED) is 0.281. The fraction of sp³-hybridized carbons (Fsp3) is 0.136. The number of nitrogens with zero attached hydrogens (tertiary/aromatic N) is 1. The molecular weight excluding hydrogens is 433 g/mol. The van der Waals surface area contributed by atoms with Gasteiger partial charge in [-0.1, -0.05) is 23.7 Å². The molecule has 2 heterocycles. The van der Waals surface area contributed by atoms with E-state index in [9.17, 15) is 27.6 Å². The minimum absolute atomic E-state index is 0.129. The normalized spacial score (nSPS) is 16.3. The topological polar surface area (TPSA) is 68.2 Å². The molecule has 4 rings (SSSR count). The van der Waals surface area contributed by atoms with E-state index in [1.807, 2.05) is 0 Å². The highest BCUT2D eigenvalue weighted by Gasteiger charge is 2.30. The third-order valence-corrected chi connectivity index (χ3v) is 5.14. The minimum atomic E-state index is -4.45. The first-order valence-corrected chi connectivity index (χ1v) is 9.53. The maximum atomic E-state index is 13.0. The Morgan fingerprint density at radius 3 is 2.58 bits per heavy atom. The van der Waals surface area contributed by atoms with Crippen molar-refractivity contribution < 1.29 is 27.6 Å². The molecule has 0 bridgehead atoms. The Morgan fingerprint density at radius 2 is 1.87 bits per heavy atom. The number of hydrogen-bond acceptors (Lipinski definition) is 3. The van der Waals surface area contributed by atoms with Crippen LogP contribution < -0.4 is 5.32 Å². The average Bonchev–Trinajstić information content (AvgIpc) is 3.00. The molecule has 0 atom stereocenters. The Morgan fingerprint density at radius 1 is 1.10 bits per heavy atom. The molecule has 2 aromatic carbocycles. The van der Waals surface area contributed by atoms with Gasteiger partial charge in [-0.25, -0.2) is 0 Å². The molecule has 31 heavy (non-hydrogen) atoms. The number of fused-ring (bicyclic) bond motifs is 1. The molecule has 0 aliphatic carbocycles. The van der Waals surface area contributed by atoms with Gasteiger partial charge in [0.15, 0.2) is 5.78 Å². The standard InChI is InChI=1S/C22H14ClF3N2O3/c23-15-4-5-18-16(8-15)13(7-17-19(29)9-20(30)27-21(17)31)11-28(18)10-12-2-1-3-14(6-12)22(24,25)26/h1-8,11H,9-10H2,(H,27,30,31)/b17-7-. The summed E-state index contributed by atoms with van der Waals surface area (Å²) in [6, 6.07) is 9.98. The van der Waals surface area contributed by atoms with E-state index in [-0.39, 0.29) is 12.1 Å². The molecule has 5 nitrogen and oxygen atoms in total. The lowest BCUT2D eigenvalue weighted by Crippen LogP contribution is -2.40. The summed E-state index contributed by atoms with van der Waals surface area (Å²) in [7, 11) is 0. The lowest BCUT2D eigenvalue weighted by atomic mass is 10.0. The van der Waals surface area contributed by atoms with Gasteiger partial charge >= 0.3 is 6.18 Å². The summed E-state index contributed by atoms with van der Waals surface area (Å²) in [4.78, 5) is 35.6. The molecular formula is C22H14ClF3N2O3. The Kier molecular flexibility index (Phi) is 5.18. The van der Waals surface area contributed by atoms with Crippen LogP contribution >= 0.6 is 11.6 Å². The number of alkyl halides is 3. The van der Waals surface area contributed by atoms with Crippen molar-refractivity contribution in [3.05, 3.63) is 75.9 Å². The Bertz CT molecular complexity index is 1250. The van der Waals surface area contributed by atoms with Crippen LogP contribution in [0.15, 0.2) is 54.2 Å². The van der Waals surface area contributed by atoms with E-state index in [4.69, 9.17) is 11.6 Å². The number of benzene rings is 2. The number of aromatic nitrogens is 1. The molecule has 3 aromatic rings. The highest BCUT2D eigenvalue weighted by atomic mass is 35.5. The van der Waals surface area contributed by atoms with Gasteiger partial charge in [0, 0.05) is 34.2 Å². The molecule has 0 saturated carbocycles. The average molecular weight is 447 g/mol. The SMILES string of the molecule is O=C1CC(=O)/C(=C/c2cn(Cc3cccc(C(F)(F)F)c3)c3ccc(Cl)cc23)C(=O)N1. The van der Waals surface area contributed by atoms with Crippen molar-refractivity contribution >= 4 is 46.2 Å². The van der Waals surface area contributed by atoms with Crippen molar-refractivity contribution in [2.45, 2.75) is 19.1 Å². The van der Waals surface area contributed by atoms with E-state index >= 15 is 0 Å². The smallest absolute Gasteiger partial charge is 0.342 e. The minimum Gasteiger partial charge on any atom is -0.342 e. The maximum Gasteiger partial charge on any atom is 0.416 e. The van der Waals surface area contributed by atoms with Gasteiger partial charge < -0.3 is 4.57 Å². The molecule has 0 unspecified atom stereocenters. The summed E-state index contributed by atoms with van der Waals surface area (Å²) in [6.45, 7) is 0.129. The zero-order valence-electron chi connectivity index (χ0n) is 15.8. The number of carbonyl (C=O) groups is 3. The first-order chi connectivity index (χ1) is 14.6. The van der Waals surface area contributed by atoms with Gasteiger partial charge in [0.1, 0.15) is 0 Å². The zero-order valence-corrected chi connectivity index (χ0v) is 16.6. The predicted octanol–water partition coefficient (Wildman–Crippen LogP) is 4.36. The fourth-order valence-corrected chi connectivity index (χ4v) is 3.66. The third-order valence-electron chi connectivity index (χ3n) is 4.90. The lowest BCUT2D eigenvalue weighted by molar-refractivity contribution is -0.138. The first kappa shape index (κ1) is 20.9. The van der Waals surface area contributed by atoms with Crippen molar-refractivity contribution in [2.75, 3.05) is 0 Å². The Labute approximate surface area is 179 Å². The van der Waals surface area contributed by atoms with Gasteiger partial charge in [-0.3, -0.25) is 19.7 Å². The molecule has 1 saturated heterocycles. The van der Waals surface area contributed by atoms with Crippen molar-refractivity contribution in [3.8, 4) is 0 Å². The van der Waals surface area contributed by atoms with Crippen molar-refractivity contribution in [3.63, 3.8) is 0 Å². The molecule has 1 aliphatic heterocycles. The number of nitrogens with one attached hydrogen (secondary N) is 1. The molecule has 9 heteroatoms. The van der Waals surface area contributed by atoms with Crippen LogP contribution in [-0.4, -0.2) is 22.2 Å². The first-order valence-electron chi connectivity index (χ1n) is 9.15. The number of ketones is 1. The molecule has 1 N–H and O–H groups in total. The monoisotopic (exact) mass is 446 g/mol. The lowest BCUT2D eigenvalue weighted by Gasteiger charge is -2.12. The van der Waals surface area contributed by atoms with Crippen molar-refractivity contribution in [1.29, 1.82) is 0 Å². The number of rotatable bonds is 3. The van der Waals surface area contributed by atoms with E-state index in [2.05, 4.69) is 5.32 Å². The summed E-state index contributed by atoms with van der Waals surface area (Å²) in [6.07, 6.45) is -1.89. The molecule has 1 aliphatic rings. The van der Waals surface area contributed by atoms with Gasteiger partial charge in [0.25, 0.3) is 5.91 Å². The molecule has 1 aromatic heterocycles. The number of amides is 2. The molecule has 0 spiro atoms. The van der Waals surface area contributed by atoms with Crippen LogP contribution in [0, 0.1) is 0 Å². The highest BCUT2D eigenvalue weighted by molar-refractivity contribution is 6.33. The van der Waals surface area contributed by atoms with E-state index in [0.717, 1.165) is 12.1 Å². The second-order valence-electron chi connectivity index (χ2n) is 7.11. The van der Waals surface area contributed by atoms with Crippen molar-refractivity contribution in [1.82, 2.24) is 9.88 Å². The van der Waals surface area contributed by atoms with E-state index < -0.39 is 35.8 Å². The molecule has 1 fully saturated rings. The van der Waals surface area contributed by atoms with Crippen LogP contribution in [0.2, 0.25) is 5.02 Å². The second kappa shape index (κ2) is 7.70. The van der Waals surface area contributed by atoms with Crippen LogP contribution in [0.4, 0.5) is 13.2 Å². The van der Waals surface area contributed by atoms with Crippen LogP contribution in [0.1, 0.15) is 23.1 Å². The Balaban J connectivity index is 1.79. The van der Waals surface area contributed by atoms with Gasteiger partial charge in [0.2, 0.25) is 5.91 Å². The number of Topliss-reactive ketones (excluding diaryl/α,β-unsaturated/α-hetero) is 1. The largest absolute Gasteiger partial charge is 0.416 e. The zero-order chi connectivity index (χ0) is 22.3. The van der Waals surface area contributed by atoms with E-state index in [0.29, 0.717) is 27.1 Å². The molecule has 0 radical (unpaired) electrons. The number of imide groups is 1. The Hall–Kier alpha value is -3.39. The number of halogens is 4. The number of hydrogen-bond donors (Lipinski definition) is 1. The van der Waals surface area contributed by atoms with Crippen LogP contribution in [-0.2, 0) is 27.1 Å². The van der Waals surface area contributed by atoms with Gasteiger partial charge in [-0.05, 0) is 42.0 Å².